The summed E-state index contributed by atoms with van der Waals surface area (Å²) in [6.45, 7) is 1.69. The van der Waals surface area contributed by atoms with Crippen LogP contribution in [0.3, 0.4) is 0 Å². The van der Waals surface area contributed by atoms with E-state index in [0.717, 1.165) is 19.4 Å². The molecule has 4 rings (SSSR count). The highest BCUT2D eigenvalue weighted by molar-refractivity contribution is 5.82. The minimum absolute atomic E-state index is 0.00337. The first-order valence-electron chi connectivity index (χ1n) is 7.97. The van der Waals surface area contributed by atoms with E-state index >= 15 is 0 Å². The van der Waals surface area contributed by atoms with Crippen LogP contribution < -0.4 is 9.47 Å². The third-order valence-electron chi connectivity index (χ3n) is 4.39. The monoisotopic (exact) mass is 313 g/mol. The molecule has 0 saturated carbocycles. The molecule has 0 unspecified atom stereocenters. The van der Waals surface area contributed by atoms with Gasteiger partial charge in [0.15, 0.2) is 11.5 Å². The van der Waals surface area contributed by atoms with Crippen LogP contribution in [-0.2, 0) is 4.79 Å². The van der Waals surface area contributed by atoms with Crippen molar-refractivity contribution in [3.63, 3.8) is 0 Å². The molecule has 23 heavy (non-hydrogen) atoms. The van der Waals surface area contributed by atoms with Crippen molar-refractivity contribution in [1.29, 1.82) is 0 Å². The highest BCUT2D eigenvalue weighted by atomic mass is 16.6. The Bertz CT molecular complexity index is 686. The Hall–Kier alpha value is -2.50. The summed E-state index contributed by atoms with van der Waals surface area (Å²) >= 11 is 0. The number of ether oxygens (including phenoxy) is 2. The average molecular weight is 313 g/mol. The fourth-order valence-electron chi connectivity index (χ4n) is 3.21. The fraction of sp³-hybridized carbons (Fsp3) is 0.412. The van der Waals surface area contributed by atoms with E-state index in [-0.39, 0.29) is 18.6 Å². The van der Waals surface area contributed by atoms with Gasteiger partial charge in [-0.2, -0.15) is 5.10 Å². The number of aromatic nitrogens is 2. The maximum absolute atomic E-state index is 12.8. The summed E-state index contributed by atoms with van der Waals surface area (Å²) in [5.74, 6) is 1.33. The molecule has 6 nitrogen and oxygen atoms in total. The summed E-state index contributed by atoms with van der Waals surface area (Å²) in [4.78, 5) is 14.6. The van der Waals surface area contributed by atoms with Crippen LogP contribution in [-0.4, -0.2) is 46.4 Å². The van der Waals surface area contributed by atoms with E-state index in [1.807, 2.05) is 46.1 Å². The molecule has 3 heterocycles. The highest BCUT2D eigenvalue weighted by Crippen LogP contribution is 2.32. The van der Waals surface area contributed by atoms with Crippen LogP contribution in [0, 0.1) is 0 Å². The number of nitrogens with zero attached hydrogens (tertiary/aromatic N) is 3. The zero-order valence-electron chi connectivity index (χ0n) is 12.8. The van der Waals surface area contributed by atoms with Crippen LogP contribution in [0.2, 0.25) is 0 Å². The van der Waals surface area contributed by atoms with Crippen LogP contribution in [0.25, 0.3) is 0 Å². The molecule has 1 fully saturated rings. The van der Waals surface area contributed by atoms with Crippen molar-refractivity contribution in [3.05, 3.63) is 42.7 Å². The second-order valence-electron chi connectivity index (χ2n) is 5.93. The SMILES string of the molecule is O=C([C@@H]1COc2ccccc2O1)N1CCC[C@H](n2cccn2)C1. The molecule has 1 aromatic heterocycles. The molecule has 2 aliphatic rings. The smallest absolute Gasteiger partial charge is 0.267 e. The number of benzene rings is 1. The largest absolute Gasteiger partial charge is 0.485 e. The summed E-state index contributed by atoms with van der Waals surface area (Å²) < 4.78 is 13.4. The Kier molecular flexibility index (Phi) is 3.65. The normalized spacial score (nSPS) is 23.6. The van der Waals surface area contributed by atoms with Crippen LogP contribution in [0.1, 0.15) is 18.9 Å². The van der Waals surface area contributed by atoms with Gasteiger partial charge in [-0.1, -0.05) is 12.1 Å². The predicted molar refractivity (Wildman–Crippen MR) is 83.4 cm³/mol. The maximum atomic E-state index is 12.8. The molecule has 2 aliphatic heterocycles. The second kappa shape index (κ2) is 5.95. The second-order valence-corrected chi connectivity index (χ2v) is 5.93. The maximum Gasteiger partial charge on any atom is 0.267 e. The summed E-state index contributed by atoms with van der Waals surface area (Å²) in [6.07, 6.45) is 5.17. The van der Waals surface area contributed by atoms with E-state index in [4.69, 9.17) is 9.47 Å². The van der Waals surface area contributed by atoms with E-state index in [0.29, 0.717) is 18.0 Å². The lowest BCUT2D eigenvalue weighted by Gasteiger charge is -2.36. The van der Waals surface area contributed by atoms with Gasteiger partial charge >= 0.3 is 0 Å². The van der Waals surface area contributed by atoms with Crippen LogP contribution in [0.15, 0.2) is 42.7 Å². The molecular formula is C17H19N3O3. The van der Waals surface area contributed by atoms with Gasteiger partial charge in [-0.3, -0.25) is 9.48 Å². The Morgan fingerprint density at radius 3 is 2.91 bits per heavy atom. The minimum atomic E-state index is -0.568. The lowest BCUT2D eigenvalue weighted by molar-refractivity contribution is -0.143. The number of fused-ring (bicyclic) bond motifs is 1. The van der Waals surface area contributed by atoms with Gasteiger partial charge in [-0.05, 0) is 31.0 Å². The molecule has 6 heteroatoms. The average Bonchev–Trinajstić information content (AvgIpc) is 3.15. The van der Waals surface area contributed by atoms with E-state index < -0.39 is 6.10 Å². The predicted octanol–water partition coefficient (Wildman–Crippen LogP) is 1.89. The number of para-hydroxylation sites is 2. The number of carbonyl (C=O) groups is 1. The van der Waals surface area contributed by atoms with E-state index in [1.54, 1.807) is 6.20 Å². The standard InChI is InChI=1S/C17H19N3O3/c21-17(16-12-22-14-6-1-2-7-15(14)23-16)19-9-3-5-13(11-19)20-10-4-8-18-20/h1-2,4,6-8,10,13,16H,3,5,9,11-12H2/t13-,16-/m0/s1. The van der Waals surface area contributed by atoms with Gasteiger partial charge < -0.3 is 14.4 Å². The Morgan fingerprint density at radius 2 is 2.09 bits per heavy atom. The van der Waals surface area contributed by atoms with Crippen molar-refractivity contribution in [2.24, 2.45) is 0 Å². The molecule has 1 amide bonds. The Morgan fingerprint density at radius 1 is 1.22 bits per heavy atom. The molecule has 120 valence electrons. The van der Waals surface area contributed by atoms with Gasteiger partial charge in [-0.25, -0.2) is 0 Å². The van der Waals surface area contributed by atoms with Gasteiger partial charge in [0, 0.05) is 25.5 Å². The summed E-state index contributed by atoms with van der Waals surface area (Å²) in [6, 6.07) is 9.60. The molecule has 0 radical (unpaired) electrons. The number of carbonyl (C=O) groups excluding carboxylic acids is 1. The van der Waals surface area contributed by atoms with Crippen LogP contribution >= 0.6 is 0 Å². The molecule has 0 N–H and O–H groups in total. The van der Waals surface area contributed by atoms with Crippen molar-refractivity contribution < 1.29 is 14.3 Å². The minimum Gasteiger partial charge on any atom is -0.485 e. The summed E-state index contributed by atoms with van der Waals surface area (Å²) in [5, 5.41) is 4.30. The fourth-order valence-corrected chi connectivity index (χ4v) is 3.21. The number of amides is 1. The van der Waals surface area contributed by atoms with Crippen molar-refractivity contribution in [2.75, 3.05) is 19.7 Å². The van der Waals surface area contributed by atoms with E-state index in [1.165, 1.54) is 0 Å². The van der Waals surface area contributed by atoms with Crippen molar-refractivity contribution in [2.45, 2.75) is 25.0 Å². The van der Waals surface area contributed by atoms with Crippen molar-refractivity contribution >= 4 is 5.91 Å². The molecule has 2 aromatic rings. The zero-order valence-corrected chi connectivity index (χ0v) is 12.8. The number of hydrogen-bond donors (Lipinski definition) is 0. The number of rotatable bonds is 2. The van der Waals surface area contributed by atoms with E-state index in [9.17, 15) is 4.79 Å². The van der Waals surface area contributed by atoms with Gasteiger partial charge in [-0.15, -0.1) is 0 Å². The van der Waals surface area contributed by atoms with Gasteiger partial charge in [0.25, 0.3) is 5.91 Å². The van der Waals surface area contributed by atoms with E-state index in [2.05, 4.69) is 5.10 Å². The van der Waals surface area contributed by atoms with Crippen LogP contribution in [0.5, 0.6) is 11.5 Å². The van der Waals surface area contributed by atoms with Gasteiger partial charge in [0.1, 0.15) is 6.61 Å². The topological polar surface area (TPSA) is 56.6 Å². The molecule has 0 bridgehead atoms. The lowest BCUT2D eigenvalue weighted by atomic mass is 10.1. The molecule has 1 aromatic carbocycles. The Labute approximate surface area is 134 Å². The van der Waals surface area contributed by atoms with Gasteiger partial charge in [0.05, 0.1) is 6.04 Å². The molecular weight excluding hydrogens is 294 g/mol. The first-order valence-corrected chi connectivity index (χ1v) is 7.97. The lowest BCUT2D eigenvalue weighted by Crippen LogP contribution is -2.50. The van der Waals surface area contributed by atoms with Crippen molar-refractivity contribution in [3.8, 4) is 11.5 Å². The molecule has 0 spiro atoms. The molecule has 2 atom stereocenters. The number of hydrogen-bond acceptors (Lipinski definition) is 4. The summed E-state index contributed by atoms with van der Waals surface area (Å²) in [7, 11) is 0. The Balaban J connectivity index is 1.45. The zero-order chi connectivity index (χ0) is 15.6. The molecule has 0 aliphatic carbocycles. The first kappa shape index (κ1) is 14.1. The number of piperidine rings is 1. The third kappa shape index (κ3) is 2.76. The summed E-state index contributed by atoms with van der Waals surface area (Å²) in [5.41, 5.74) is 0. The quantitative estimate of drug-likeness (QED) is 0.849. The van der Waals surface area contributed by atoms with Crippen molar-refractivity contribution in [1.82, 2.24) is 14.7 Å². The third-order valence-corrected chi connectivity index (χ3v) is 4.39. The number of likely N-dealkylation sites (tertiary alicyclic amines) is 1. The first-order chi connectivity index (χ1) is 11.3. The highest BCUT2D eigenvalue weighted by Gasteiger charge is 2.33. The van der Waals surface area contributed by atoms with Crippen LogP contribution in [0.4, 0.5) is 0 Å². The molecule has 1 saturated heterocycles. The van der Waals surface area contributed by atoms with Gasteiger partial charge in [0.2, 0.25) is 6.10 Å².